The highest BCUT2D eigenvalue weighted by Gasteiger charge is 2.18. The van der Waals surface area contributed by atoms with E-state index in [1.54, 1.807) is 18.9 Å². The molecule has 0 aliphatic heterocycles. The molecule has 0 aromatic carbocycles. The number of methoxy groups -OCH3 is 1. The summed E-state index contributed by atoms with van der Waals surface area (Å²) in [6.07, 6.45) is 17.1. The second kappa shape index (κ2) is 19.4. The first-order chi connectivity index (χ1) is 13.4. The predicted molar refractivity (Wildman–Crippen MR) is 121 cm³/mol. The van der Waals surface area contributed by atoms with Crippen LogP contribution in [0.1, 0.15) is 97.3 Å². The van der Waals surface area contributed by atoms with Crippen molar-refractivity contribution in [2.75, 3.05) is 25.2 Å². The number of hydrogen-bond acceptors (Lipinski definition) is 4. The molecule has 0 aliphatic carbocycles. The first-order valence-electron chi connectivity index (χ1n) is 11.2. The molecule has 1 atom stereocenters. The number of phosphoric ester groups is 1. The standard InChI is InChI=1S/C21H45O5PS/c1-4-6-8-10-12-14-20(15-13-11-9-7-5-2)16-17-28-19-21(25-3)18-26-27(22,23)24/h20-21H,4-19H2,1-3H3,(H2,22,23,24). The van der Waals surface area contributed by atoms with Gasteiger partial charge in [0.25, 0.3) is 0 Å². The minimum atomic E-state index is -4.42. The summed E-state index contributed by atoms with van der Waals surface area (Å²) in [7, 11) is -2.86. The van der Waals surface area contributed by atoms with E-state index in [2.05, 4.69) is 18.4 Å². The molecule has 1 unspecified atom stereocenters. The van der Waals surface area contributed by atoms with Crippen LogP contribution in [0.5, 0.6) is 0 Å². The van der Waals surface area contributed by atoms with Crippen LogP contribution in [-0.2, 0) is 13.8 Å². The predicted octanol–water partition coefficient (Wildman–Crippen LogP) is 6.57. The van der Waals surface area contributed by atoms with Crippen LogP contribution in [0.4, 0.5) is 0 Å². The summed E-state index contributed by atoms with van der Waals surface area (Å²) in [5.41, 5.74) is 0. The van der Waals surface area contributed by atoms with Crippen molar-refractivity contribution in [1.29, 1.82) is 0 Å². The minimum Gasteiger partial charge on any atom is -0.378 e. The summed E-state index contributed by atoms with van der Waals surface area (Å²) in [6.45, 7) is 4.45. The minimum absolute atomic E-state index is 0.0634. The van der Waals surface area contributed by atoms with E-state index >= 15 is 0 Å². The zero-order chi connectivity index (χ0) is 21.1. The maximum absolute atomic E-state index is 10.8. The van der Waals surface area contributed by atoms with Crippen molar-refractivity contribution in [3.8, 4) is 0 Å². The average Bonchev–Trinajstić information content (AvgIpc) is 2.65. The SMILES string of the molecule is CCCCCCCC(CCCCCCC)CCSCC(COP(=O)(O)O)OC. The Kier molecular flexibility index (Phi) is 19.7. The highest BCUT2D eigenvalue weighted by molar-refractivity contribution is 7.99. The van der Waals surface area contributed by atoms with Gasteiger partial charge in [0.15, 0.2) is 0 Å². The third-order valence-electron chi connectivity index (χ3n) is 5.17. The fraction of sp³-hybridized carbons (Fsp3) is 1.00. The Hall–Kier alpha value is 0.420. The van der Waals surface area contributed by atoms with Crippen LogP contribution in [0.15, 0.2) is 0 Å². The summed E-state index contributed by atoms with van der Waals surface area (Å²) in [5.74, 6) is 2.59. The van der Waals surface area contributed by atoms with Crippen LogP contribution >= 0.6 is 19.6 Å². The fourth-order valence-corrected chi connectivity index (χ4v) is 4.86. The van der Waals surface area contributed by atoms with Gasteiger partial charge in [0, 0.05) is 12.9 Å². The van der Waals surface area contributed by atoms with Gasteiger partial charge < -0.3 is 14.5 Å². The second-order valence-electron chi connectivity index (χ2n) is 7.78. The highest BCUT2D eigenvalue weighted by Crippen LogP contribution is 2.36. The van der Waals surface area contributed by atoms with Gasteiger partial charge in [0.1, 0.15) is 0 Å². The normalized spacial score (nSPS) is 13.4. The molecule has 0 bridgehead atoms. The van der Waals surface area contributed by atoms with E-state index < -0.39 is 7.82 Å². The van der Waals surface area contributed by atoms with Crippen LogP contribution in [0.3, 0.4) is 0 Å². The van der Waals surface area contributed by atoms with Crippen LogP contribution in [-0.4, -0.2) is 41.1 Å². The van der Waals surface area contributed by atoms with Gasteiger partial charge in [-0.05, 0) is 18.1 Å². The summed E-state index contributed by atoms with van der Waals surface area (Å²) in [6, 6.07) is 0. The molecule has 0 aliphatic rings. The van der Waals surface area contributed by atoms with E-state index in [-0.39, 0.29) is 12.7 Å². The summed E-state index contributed by atoms with van der Waals surface area (Å²) < 4.78 is 20.6. The van der Waals surface area contributed by atoms with Gasteiger partial charge in [-0.25, -0.2) is 4.57 Å². The zero-order valence-corrected chi connectivity index (χ0v) is 20.2. The first-order valence-corrected chi connectivity index (χ1v) is 13.9. The average molecular weight is 441 g/mol. The van der Waals surface area contributed by atoms with Crippen molar-refractivity contribution in [3.05, 3.63) is 0 Å². The van der Waals surface area contributed by atoms with Crippen LogP contribution in [0.25, 0.3) is 0 Å². The molecule has 170 valence electrons. The van der Waals surface area contributed by atoms with Crippen molar-refractivity contribution >= 4 is 19.6 Å². The summed E-state index contributed by atoms with van der Waals surface area (Å²) in [4.78, 5) is 17.6. The van der Waals surface area contributed by atoms with Gasteiger partial charge in [0.2, 0.25) is 0 Å². The number of unbranched alkanes of at least 4 members (excludes halogenated alkanes) is 8. The third kappa shape index (κ3) is 19.7. The Morgan fingerprint density at radius 2 is 1.39 bits per heavy atom. The van der Waals surface area contributed by atoms with E-state index in [1.165, 1.54) is 83.5 Å². The van der Waals surface area contributed by atoms with Gasteiger partial charge in [0.05, 0.1) is 12.7 Å². The lowest BCUT2D eigenvalue weighted by molar-refractivity contribution is 0.0605. The maximum atomic E-state index is 10.8. The molecule has 7 heteroatoms. The maximum Gasteiger partial charge on any atom is 0.469 e. The molecular formula is C21H45O5PS. The van der Waals surface area contributed by atoms with Gasteiger partial charge in [-0.1, -0.05) is 90.9 Å². The van der Waals surface area contributed by atoms with Crippen LogP contribution in [0.2, 0.25) is 0 Å². The number of rotatable bonds is 21. The van der Waals surface area contributed by atoms with Crippen molar-refractivity contribution in [1.82, 2.24) is 0 Å². The molecule has 0 rings (SSSR count). The zero-order valence-electron chi connectivity index (χ0n) is 18.4. The molecule has 5 nitrogen and oxygen atoms in total. The largest absolute Gasteiger partial charge is 0.469 e. The van der Waals surface area contributed by atoms with Crippen molar-refractivity contribution < 1.29 is 23.6 Å². The molecular weight excluding hydrogens is 395 g/mol. The van der Waals surface area contributed by atoms with Crippen molar-refractivity contribution in [3.63, 3.8) is 0 Å². The molecule has 0 aromatic rings. The Morgan fingerprint density at radius 3 is 1.86 bits per heavy atom. The number of phosphoric acid groups is 1. The molecule has 0 saturated carbocycles. The molecule has 0 fully saturated rings. The van der Waals surface area contributed by atoms with Crippen LogP contribution in [0, 0.1) is 5.92 Å². The first kappa shape index (κ1) is 28.4. The van der Waals surface area contributed by atoms with Crippen molar-refractivity contribution in [2.45, 2.75) is 103 Å². The Bertz CT molecular complexity index is 364. The van der Waals surface area contributed by atoms with Gasteiger partial charge in [-0.2, -0.15) is 11.8 Å². The molecule has 0 saturated heterocycles. The number of ether oxygens (including phenoxy) is 1. The third-order valence-corrected chi connectivity index (χ3v) is 6.79. The van der Waals surface area contributed by atoms with E-state index in [9.17, 15) is 4.57 Å². The number of thioether (sulfide) groups is 1. The van der Waals surface area contributed by atoms with E-state index in [0.29, 0.717) is 5.75 Å². The van der Waals surface area contributed by atoms with E-state index in [1.807, 2.05) is 0 Å². The van der Waals surface area contributed by atoms with E-state index in [0.717, 1.165) is 11.7 Å². The summed E-state index contributed by atoms with van der Waals surface area (Å²) in [5, 5.41) is 0. The molecule has 0 heterocycles. The van der Waals surface area contributed by atoms with Gasteiger partial charge in [-0.15, -0.1) is 0 Å². The van der Waals surface area contributed by atoms with E-state index in [4.69, 9.17) is 14.5 Å². The summed E-state index contributed by atoms with van der Waals surface area (Å²) >= 11 is 1.80. The molecule has 0 spiro atoms. The number of hydrogen-bond donors (Lipinski definition) is 2. The lowest BCUT2D eigenvalue weighted by Gasteiger charge is -2.18. The molecule has 28 heavy (non-hydrogen) atoms. The van der Waals surface area contributed by atoms with Gasteiger partial charge in [-0.3, -0.25) is 4.52 Å². The molecule has 0 amide bonds. The van der Waals surface area contributed by atoms with Crippen molar-refractivity contribution in [2.24, 2.45) is 5.92 Å². The topological polar surface area (TPSA) is 76.0 Å². The molecule has 0 radical (unpaired) electrons. The Balaban J connectivity index is 4.08. The lowest BCUT2D eigenvalue weighted by atomic mass is 9.92. The monoisotopic (exact) mass is 440 g/mol. The Labute approximate surface area is 178 Å². The Morgan fingerprint density at radius 1 is 0.857 bits per heavy atom. The van der Waals surface area contributed by atoms with Gasteiger partial charge >= 0.3 is 7.82 Å². The molecule has 2 N–H and O–H groups in total. The second-order valence-corrected chi connectivity index (χ2v) is 10.2. The molecule has 0 aromatic heterocycles. The van der Waals surface area contributed by atoms with Crippen LogP contribution < -0.4 is 0 Å². The smallest absolute Gasteiger partial charge is 0.378 e. The highest BCUT2D eigenvalue weighted by atomic mass is 32.2. The quantitative estimate of drug-likeness (QED) is 0.155. The lowest BCUT2D eigenvalue weighted by Crippen LogP contribution is -2.20. The fourth-order valence-electron chi connectivity index (χ4n) is 3.34.